The lowest BCUT2D eigenvalue weighted by molar-refractivity contribution is 0.299. The van der Waals surface area contributed by atoms with Crippen molar-refractivity contribution >= 4 is 33.7 Å². The van der Waals surface area contributed by atoms with Gasteiger partial charge in [-0.05, 0) is 43.3 Å². The summed E-state index contributed by atoms with van der Waals surface area (Å²) in [5.41, 5.74) is 1.64. The molecule has 2 N–H and O–H groups in total. The van der Waals surface area contributed by atoms with E-state index in [0.717, 1.165) is 11.1 Å². The summed E-state index contributed by atoms with van der Waals surface area (Å²) in [7, 11) is 3.15. The van der Waals surface area contributed by atoms with Crippen molar-refractivity contribution in [2.24, 2.45) is 0 Å². The maximum Gasteiger partial charge on any atom is 0.260 e. The molecule has 35 heavy (non-hydrogen) atoms. The number of aromatic amines is 1. The molecule has 0 saturated heterocycles. The minimum atomic E-state index is -0.294. The van der Waals surface area contributed by atoms with Crippen LogP contribution in [0.4, 0.5) is 11.9 Å². The Balaban J connectivity index is 1.39. The molecule has 0 aliphatic carbocycles. The number of nitrogens with one attached hydrogen (secondary N) is 2. The normalized spacial score (nSPS) is 11.1. The highest BCUT2D eigenvalue weighted by atomic mass is 16.5. The Morgan fingerprint density at radius 1 is 0.943 bits per heavy atom. The molecule has 0 aliphatic rings. The number of ether oxygens (including phenoxy) is 3. The monoisotopic (exact) mass is 472 g/mol. The second kappa shape index (κ2) is 9.34. The standard InChI is InChI=1S/C25H24N6O4/c1-15-17-13-21(33-2)22(34-3)14-20(17)28-24(26-15)30-25-27-19-7-6-16(12-18(19)23(32)29-25)35-11-10-31-8-4-5-9-31/h4-9,12-14H,10-11H2,1-3H3,(H2,26,27,28,29,30,32). The lowest BCUT2D eigenvalue weighted by atomic mass is 10.1. The molecular weight excluding hydrogens is 448 g/mol. The van der Waals surface area contributed by atoms with Crippen molar-refractivity contribution in [2.45, 2.75) is 13.5 Å². The molecule has 0 spiro atoms. The fraction of sp³-hybridized carbons (Fsp3) is 0.200. The smallest absolute Gasteiger partial charge is 0.260 e. The number of rotatable bonds is 8. The first-order valence-electron chi connectivity index (χ1n) is 11.0. The molecule has 0 amide bonds. The van der Waals surface area contributed by atoms with Gasteiger partial charge in [0.1, 0.15) is 12.4 Å². The molecule has 178 valence electrons. The van der Waals surface area contributed by atoms with Gasteiger partial charge < -0.3 is 18.8 Å². The van der Waals surface area contributed by atoms with E-state index in [1.807, 2.05) is 42.1 Å². The SMILES string of the molecule is COc1cc2nc(Nc3nc4ccc(OCCn5cccc5)cc4c(=O)[nH]3)nc(C)c2cc1OC. The highest BCUT2D eigenvalue weighted by Crippen LogP contribution is 2.33. The van der Waals surface area contributed by atoms with Crippen LogP contribution < -0.4 is 25.1 Å². The Bertz CT molecular complexity index is 1560. The predicted octanol–water partition coefficient (Wildman–Crippen LogP) is 3.82. The maximum absolute atomic E-state index is 12.8. The second-order valence-electron chi connectivity index (χ2n) is 7.84. The first-order valence-corrected chi connectivity index (χ1v) is 11.0. The van der Waals surface area contributed by atoms with Crippen LogP contribution in [0.15, 0.2) is 59.7 Å². The van der Waals surface area contributed by atoms with Gasteiger partial charge in [-0.3, -0.25) is 15.1 Å². The van der Waals surface area contributed by atoms with E-state index in [4.69, 9.17) is 14.2 Å². The fourth-order valence-electron chi connectivity index (χ4n) is 3.83. The van der Waals surface area contributed by atoms with Crippen LogP contribution in [0, 0.1) is 6.92 Å². The third-order valence-corrected chi connectivity index (χ3v) is 5.58. The number of hydrogen-bond donors (Lipinski definition) is 2. The van der Waals surface area contributed by atoms with Gasteiger partial charge in [0, 0.05) is 23.8 Å². The molecule has 3 aromatic heterocycles. The van der Waals surface area contributed by atoms with E-state index >= 15 is 0 Å². The Morgan fingerprint density at radius 3 is 2.49 bits per heavy atom. The van der Waals surface area contributed by atoms with Gasteiger partial charge in [-0.15, -0.1) is 0 Å². The molecule has 0 unspecified atom stereocenters. The summed E-state index contributed by atoms with van der Waals surface area (Å²) in [6, 6.07) is 12.8. The van der Waals surface area contributed by atoms with E-state index in [-0.39, 0.29) is 11.5 Å². The molecule has 5 rings (SSSR count). The number of nitrogens with zero attached hydrogens (tertiary/aromatic N) is 4. The van der Waals surface area contributed by atoms with Crippen LogP contribution in [0.5, 0.6) is 17.2 Å². The number of aryl methyl sites for hydroxylation is 1. The summed E-state index contributed by atoms with van der Waals surface area (Å²) in [6.45, 7) is 3.07. The second-order valence-corrected chi connectivity index (χ2v) is 7.84. The molecular formula is C25H24N6O4. The van der Waals surface area contributed by atoms with Crippen LogP contribution in [0.1, 0.15) is 5.69 Å². The number of methoxy groups -OCH3 is 2. The number of fused-ring (bicyclic) bond motifs is 2. The lowest BCUT2D eigenvalue weighted by Gasteiger charge is -2.12. The van der Waals surface area contributed by atoms with Gasteiger partial charge in [0.15, 0.2) is 11.5 Å². The molecule has 0 fully saturated rings. The Hall–Kier alpha value is -4.60. The van der Waals surface area contributed by atoms with Crippen molar-refractivity contribution in [1.29, 1.82) is 0 Å². The topological polar surface area (TPSA) is 116 Å². The molecule has 0 radical (unpaired) electrons. The van der Waals surface area contributed by atoms with Gasteiger partial charge in [-0.2, -0.15) is 0 Å². The van der Waals surface area contributed by atoms with Gasteiger partial charge in [0.05, 0.1) is 42.9 Å². The fourth-order valence-corrected chi connectivity index (χ4v) is 3.83. The zero-order valence-corrected chi connectivity index (χ0v) is 19.5. The van der Waals surface area contributed by atoms with E-state index < -0.39 is 0 Å². The molecule has 5 aromatic rings. The molecule has 2 aromatic carbocycles. The molecule has 0 aliphatic heterocycles. The van der Waals surface area contributed by atoms with E-state index in [0.29, 0.717) is 52.8 Å². The average Bonchev–Trinajstić information content (AvgIpc) is 3.37. The molecule has 0 saturated carbocycles. The first kappa shape index (κ1) is 22.2. The summed E-state index contributed by atoms with van der Waals surface area (Å²) in [5, 5.41) is 4.27. The van der Waals surface area contributed by atoms with Crippen LogP contribution in [0.25, 0.3) is 21.8 Å². The zero-order valence-electron chi connectivity index (χ0n) is 19.5. The van der Waals surface area contributed by atoms with Gasteiger partial charge in [0.25, 0.3) is 5.56 Å². The predicted molar refractivity (Wildman–Crippen MR) is 133 cm³/mol. The Morgan fingerprint density at radius 2 is 1.71 bits per heavy atom. The van der Waals surface area contributed by atoms with Crippen molar-refractivity contribution in [3.63, 3.8) is 0 Å². The molecule has 0 atom stereocenters. The van der Waals surface area contributed by atoms with E-state index in [9.17, 15) is 4.79 Å². The van der Waals surface area contributed by atoms with Crippen LogP contribution >= 0.6 is 0 Å². The average molecular weight is 473 g/mol. The van der Waals surface area contributed by atoms with E-state index in [1.54, 1.807) is 38.5 Å². The van der Waals surface area contributed by atoms with Crippen molar-refractivity contribution in [2.75, 3.05) is 26.1 Å². The van der Waals surface area contributed by atoms with Gasteiger partial charge in [-0.1, -0.05) is 0 Å². The summed E-state index contributed by atoms with van der Waals surface area (Å²) in [5.74, 6) is 2.31. The van der Waals surface area contributed by atoms with Gasteiger partial charge in [-0.25, -0.2) is 15.0 Å². The highest BCUT2D eigenvalue weighted by molar-refractivity contribution is 5.86. The number of aromatic nitrogens is 5. The number of H-pyrrole nitrogens is 1. The molecule has 0 bridgehead atoms. The lowest BCUT2D eigenvalue weighted by Crippen LogP contribution is -2.13. The van der Waals surface area contributed by atoms with E-state index in [2.05, 4.69) is 25.3 Å². The van der Waals surface area contributed by atoms with Crippen molar-refractivity contribution in [1.82, 2.24) is 24.5 Å². The zero-order chi connectivity index (χ0) is 24.4. The highest BCUT2D eigenvalue weighted by Gasteiger charge is 2.13. The minimum Gasteiger partial charge on any atom is -0.493 e. The van der Waals surface area contributed by atoms with Crippen LogP contribution in [0.3, 0.4) is 0 Å². The summed E-state index contributed by atoms with van der Waals surface area (Å²) in [4.78, 5) is 29.1. The molecule has 10 nitrogen and oxygen atoms in total. The van der Waals surface area contributed by atoms with Crippen molar-refractivity contribution in [3.8, 4) is 17.2 Å². The third kappa shape index (κ3) is 4.58. The van der Waals surface area contributed by atoms with Crippen molar-refractivity contribution < 1.29 is 14.2 Å². The first-order chi connectivity index (χ1) is 17.0. The molecule has 10 heteroatoms. The van der Waals surface area contributed by atoms with E-state index in [1.165, 1.54) is 0 Å². The Kier molecular flexibility index (Phi) is 5.92. The van der Waals surface area contributed by atoms with Crippen LogP contribution in [0.2, 0.25) is 0 Å². The summed E-state index contributed by atoms with van der Waals surface area (Å²) >= 11 is 0. The number of anilines is 2. The summed E-state index contributed by atoms with van der Waals surface area (Å²) < 4.78 is 18.6. The van der Waals surface area contributed by atoms with Crippen LogP contribution in [-0.2, 0) is 6.54 Å². The minimum absolute atomic E-state index is 0.239. The van der Waals surface area contributed by atoms with Crippen LogP contribution in [-0.4, -0.2) is 45.3 Å². The van der Waals surface area contributed by atoms with Crippen molar-refractivity contribution in [3.05, 3.63) is 70.9 Å². The molecule has 3 heterocycles. The third-order valence-electron chi connectivity index (χ3n) is 5.58. The Labute approximate surface area is 200 Å². The van der Waals surface area contributed by atoms with Gasteiger partial charge >= 0.3 is 0 Å². The number of hydrogen-bond acceptors (Lipinski definition) is 8. The largest absolute Gasteiger partial charge is 0.493 e. The summed E-state index contributed by atoms with van der Waals surface area (Å²) in [6.07, 6.45) is 3.95. The van der Waals surface area contributed by atoms with Gasteiger partial charge in [0.2, 0.25) is 11.9 Å². The quantitative estimate of drug-likeness (QED) is 0.350. The maximum atomic E-state index is 12.8. The number of benzene rings is 2.